The highest BCUT2D eigenvalue weighted by atomic mass is 16.5. The number of ether oxygens (including phenoxy) is 1. The average Bonchev–Trinajstić information content (AvgIpc) is 2.41. The van der Waals surface area contributed by atoms with Gasteiger partial charge in [0.25, 0.3) is 0 Å². The largest absolute Gasteiger partial charge is 0.462 e. The van der Waals surface area contributed by atoms with Crippen molar-refractivity contribution in [3.8, 4) is 0 Å². The zero-order valence-electron chi connectivity index (χ0n) is 11.8. The molecule has 2 fully saturated rings. The fourth-order valence-corrected chi connectivity index (χ4v) is 3.48. The molecule has 0 aromatic rings. The first-order valence-electron chi connectivity index (χ1n) is 7.96. The molecule has 0 N–H and O–H groups in total. The van der Waals surface area contributed by atoms with Crippen LogP contribution in [0.1, 0.15) is 77.6 Å². The number of carbonyl (C=O) groups excluding carboxylic acids is 1. The van der Waals surface area contributed by atoms with Gasteiger partial charge in [0.15, 0.2) is 0 Å². The Morgan fingerprint density at radius 3 is 2.17 bits per heavy atom. The van der Waals surface area contributed by atoms with Crippen molar-refractivity contribution < 1.29 is 9.53 Å². The van der Waals surface area contributed by atoms with E-state index in [9.17, 15) is 4.79 Å². The van der Waals surface area contributed by atoms with Crippen LogP contribution in [0.4, 0.5) is 0 Å². The fraction of sp³-hybridized carbons (Fsp3) is 0.938. The summed E-state index contributed by atoms with van der Waals surface area (Å²) in [7, 11) is 0. The van der Waals surface area contributed by atoms with Crippen LogP contribution < -0.4 is 0 Å². The zero-order chi connectivity index (χ0) is 12.8. The zero-order valence-corrected chi connectivity index (χ0v) is 11.8. The molecule has 0 saturated heterocycles. The monoisotopic (exact) mass is 252 g/mol. The number of hydrogen-bond donors (Lipinski definition) is 0. The summed E-state index contributed by atoms with van der Waals surface area (Å²) in [6.07, 6.45) is 14.0. The first-order valence-corrected chi connectivity index (χ1v) is 7.96. The SMILES string of the molecule is C[C@H](CC1CCCCC1)C(=O)OC1CCCCC1. The van der Waals surface area contributed by atoms with Crippen molar-refractivity contribution in [2.45, 2.75) is 83.7 Å². The Bertz CT molecular complexity index is 250. The van der Waals surface area contributed by atoms with E-state index in [4.69, 9.17) is 4.74 Å². The Balaban J connectivity index is 1.69. The molecule has 0 heterocycles. The predicted molar refractivity (Wildman–Crippen MR) is 73.3 cm³/mol. The van der Waals surface area contributed by atoms with Crippen molar-refractivity contribution in [2.24, 2.45) is 11.8 Å². The highest BCUT2D eigenvalue weighted by molar-refractivity contribution is 5.72. The van der Waals surface area contributed by atoms with Crippen molar-refractivity contribution in [2.75, 3.05) is 0 Å². The molecule has 0 aromatic heterocycles. The average molecular weight is 252 g/mol. The highest BCUT2D eigenvalue weighted by Gasteiger charge is 2.24. The van der Waals surface area contributed by atoms with Crippen molar-refractivity contribution in [1.82, 2.24) is 0 Å². The van der Waals surface area contributed by atoms with E-state index in [1.807, 2.05) is 0 Å². The van der Waals surface area contributed by atoms with Crippen LogP contribution in [-0.4, -0.2) is 12.1 Å². The molecule has 2 rings (SSSR count). The van der Waals surface area contributed by atoms with Gasteiger partial charge in [-0.2, -0.15) is 0 Å². The minimum absolute atomic E-state index is 0.0625. The summed E-state index contributed by atoms with van der Waals surface area (Å²) in [5.74, 6) is 0.940. The van der Waals surface area contributed by atoms with Crippen LogP contribution >= 0.6 is 0 Å². The maximum atomic E-state index is 12.1. The quantitative estimate of drug-likeness (QED) is 0.690. The maximum absolute atomic E-state index is 12.1. The normalized spacial score (nSPS) is 24.7. The van der Waals surface area contributed by atoms with Gasteiger partial charge in [0.2, 0.25) is 0 Å². The molecule has 2 saturated carbocycles. The second-order valence-electron chi connectivity index (χ2n) is 6.34. The highest BCUT2D eigenvalue weighted by Crippen LogP contribution is 2.30. The van der Waals surface area contributed by atoms with E-state index in [2.05, 4.69) is 6.92 Å². The van der Waals surface area contributed by atoms with Gasteiger partial charge in [0.1, 0.15) is 6.10 Å². The summed E-state index contributed by atoms with van der Waals surface area (Å²) < 4.78 is 5.66. The van der Waals surface area contributed by atoms with Crippen LogP contribution in [-0.2, 0) is 9.53 Å². The van der Waals surface area contributed by atoms with Gasteiger partial charge in [0, 0.05) is 0 Å². The van der Waals surface area contributed by atoms with Crippen LogP contribution in [0.25, 0.3) is 0 Å². The number of carbonyl (C=O) groups is 1. The van der Waals surface area contributed by atoms with Gasteiger partial charge in [0.05, 0.1) is 5.92 Å². The molecule has 18 heavy (non-hydrogen) atoms. The molecular formula is C16H28O2. The minimum Gasteiger partial charge on any atom is -0.462 e. The smallest absolute Gasteiger partial charge is 0.308 e. The lowest BCUT2D eigenvalue weighted by Crippen LogP contribution is -2.26. The van der Waals surface area contributed by atoms with Crippen molar-refractivity contribution in [3.63, 3.8) is 0 Å². The third kappa shape index (κ3) is 4.29. The third-order valence-electron chi connectivity index (χ3n) is 4.65. The topological polar surface area (TPSA) is 26.3 Å². The van der Waals surface area contributed by atoms with E-state index < -0.39 is 0 Å². The third-order valence-corrected chi connectivity index (χ3v) is 4.65. The molecule has 0 radical (unpaired) electrons. The van der Waals surface area contributed by atoms with Gasteiger partial charge < -0.3 is 4.74 Å². The Labute approximate surface area is 111 Å². The molecule has 0 aromatic carbocycles. The molecule has 1 atom stereocenters. The van der Waals surface area contributed by atoms with Gasteiger partial charge >= 0.3 is 5.97 Å². The summed E-state index contributed by atoms with van der Waals surface area (Å²) in [4.78, 5) is 12.1. The molecule has 0 bridgehead atoms. The van der Waals surface area contributed by atoms with Gasteiger partial charge in [-0.25, -0.2) is 0 Å². The summed E-state index contributed by atoms with van der Waals surface area (Å²) in [5.41, 5.74) is 0. The van der Waals surface area contributed by atoms with Gasteiger partial charge in [-0.3, -0.25) is 4.79 Å². The van der Waals surface area contributed by atoms with E-state index in [-0.39, 0.29) is 18.0 Å². The standard InChI is InChI=1S/C16H28O2/c1-13(12-14-8-4-2-5-9-14)16(17)18-15-10-6-3-7-11-15/h13-15H,2-12H2,1H3/t13-/m1/s1. The molecule has 0 unspecified atom stereocenters. The molecule has 2 nitrogen and oxygen atoms in total. The number of esters is 1. The molecule has 2 aliphatic carbocycles. The molecular weight excluding hydrogens is 224 g/mol. The first-order chi connectivity index (χ1) is 8.75. The maximum Gasteiger partial charge on any atom is 0.308 e. The summed E-state index contributed by atoms with van der Waals surface area (Å²) >= 11 is 0. The second kappa shape index (κ2) is 7.16. The summed E-state index contributed by atoms with van der Waals surface area (Å²) in [5, 5.41) is 0. The van der Waals surface area contributed by atoms with Crippen LogP contribution in [0.5, 0.6) is 0 Å². The van der Waals surface area contributed by atoms with Crippen molar-refractivity contribution >= 4 is 5.97 Å². The lowest BCUT2D eigenvalue weighted by atomic mass is 9.83. The Morgan fingerprint density at radius 2 is 1.56 bits per heavy atom. The summed E-state index contributed by atoms with van der Waals surface area (Å²) in [6.45, 7) is 2.06. The molecule has 104 valence electrons. The predicted octanol–water partition coefficient (Wildman–Crippen LogP) is 4.47. The number of hydrogen-bond acceptors (Lipinski definition) is 2. The van der Waals surface area contributed by atoms with E-state index >= 15 is 0 Å². The first kappa shape index (κ1) is 13.9. The molecule has 0 aliphatic heterocycles. The van der Waals surface area contributed by atoms with Crippen molar-refractivity contribution in [3.05, 3.63) is 0 Å². The fourth-order valence-electron chi connectivity index (χ4n) is 3.48. The lowest BCUT2D eigenvalue weighted by Gasteiger charge is -2.26. The second-order valence-corrected chi connectivity index (χ2v) is 6.34. The van der Waals surface area contributed by atoms with E-state index in [1.54, 1.807) is 0 Å². The van der Waals surface area contributed by atoms with Crippen LogP contribution in [0, 0.1) is 11.8 Å². The molecule has 0 spiro atoms. The van der Waals surface area contributed by atoms with Crippen LogP contribution in [0.2, 0.25) is 0 Å². The van der Waals surface area contributed by atoms with E-state index in [0.717, 1.165) is 25.2 Å². The summed E-state index contributed by atoms with van der Waals surface area (Å²) in [6, 6.07) is 0. The minimum atomic E-state index is 0.0625. The van der Waals surface area contributed by atoms with Gasteiger partial charge in [-0.1, -0.05) is 45.4 Å². The number of rotatable bonds is 4. The Morgan fingerprint density at radius 1 is 1.00 bits per heavy atom. The van der Waals surface area contributed by atoms with Crippen LogP contribution in [0.3, 0.4) is 0 Å². The van der Waals surface area contributed by atoms with Crippen molar-refractivity contribution in [1.29, 1.82) is 0 Å². The Hall–Kier alpha value is -0.530. The van der Waals surface area contributed by atoms with Gasteiger partial charge in [-0.15, -0.1) is 0 Å². The van der Waals surface area contributed by atoms with E-state index in [1.165, 1.54) is 51.4 Å². The molecule has 2 heteroatoms. The molecule has 0 amide bonds. The Kier molecular flexibility index (Phi) is 5.52. The van der Waals surface area contributed by atoms with E-state index in [0.29, 0.717) is 0 Å². The van der Waals surface area contributed by atoms with Crippen LogP contribution in [0.15, 0.2) is 0 Å². The van der Waals surface area contributed by atoms with Gasteiger partial charge in [-0.05, 0) is 38.0 Å². The molecule has 2 aliphatic rings. The lowest BCUT2D eigenvalue weighted by molar-refractivity contribution is -0.155.